The molecule has 0 aliphatic heterocycles. The molecule has 2 aromatic rings. The van der Waals surface area contributed by atoms with Crippen LogP contribution in [-0.2, 0) is 0 Å². The first-order chi connectivity index (χ1) is 7.66. The first kappa shape index (κ1) is 11.9. The van der Waals surface area contributed by atoms with Crippen molar-refractivity contribution in [2.24, 2.45) is 0 Å². The molecule has 0 N–H and O–H groups in total. The van der Waals surface area contributed by atoms with Gasteiger partial charge in [-0.1, -0.05) is 52.9 Å². The van der Waals surface area contributed by atoms with Crippen molar-refractivity contribution >= 4 is 34.7 Å². The molecular weight excluding hydrogens is 260 g/mol. The fourth-order valence-corrected chi connectivity index (χ4v) is 3.84. The summed E-state index contributed by atoms with van der Waals surface area (Å²) in [6.07, 6.45) is 0. The Hall–Kier alpha value is -0.580. The van der Waals surface area contributed by atoms with Crippen LogP contribution in [0.25, 0.3) is 0 Å². The normalized spacial score (nSPS) is 12.7. The molecule has 16 heavy (non-hydrogen) atoms. The smallest absolute Gasteiger partial charge is 0.143 e. The van der Waals surface area contributed by atoms with Crippen LogP contribution in [0.3, 0.4) is 0 Å². The Morgan fingerprint density at radius 2 is 2.06 bits per heavy atom. The Morgan fingerprint density at radius 3 is 2.69 bits per heavy atom. The Balaban J connectivity index is 2.14. The molecule has 5 heteroatoms. The summed E-state index contributed by atoms with van der Waals surface area (Å²) in [5, 5.41) is 10.2. The number of hydrogen-bond donors (Lipinski definition) is 0. The molecule has 0 amide bonds. The van der Waals surface area contributed by atoms with Crippen LogP contribution in [-0.4, -0.2) is 10.2 Å². The van der Waals surface area contributed by atoms with Gasteiger partial charge in [-0.2, -0.15) is 0 Å². The zero-order chi connectivity index (χ0) is 11.5. The van der Waals surface area contributed by atoms with E-state index in [9.17, 15) is 0 Å². The highest BCUT2D eigenvalue weighted by Gasteiger charge is 2.12. The summed E-state index contributed by atoms with van der Waals surface area (Å²) in [6.45, 7) is 4.09. The molecule has 0 saturated carbocycles. The highest BCUT2D eigenvalue weighted by Crippen LogP contribution is 2.38. The van der Waals surface area contributed by atoms with Gasteiger partial charge >= 0.3 is 0 Å². The molecule has 0 aliphatic rings. The van der Waals surface area contributed by atoms with E-state index >= 15 is 0 Å². The maximum absolute atomic E-state index is 6.14. The molecule has 1 aromatic carbocycles. The van der Waals surface area contributed by atoms with Crippen LogP contribution >= 0.6 is 34.7 Å². The summed E-state index contributed by atoms with van der Waals surface area (Å²) in [5.41, 5.74) is 1.14. The third-order valence-electron chi connectivity index (χ3n) is 2.13. The number of thioether (sulfide) groups is 1. The summed E-state index contributed by atoms with van der Waals surface area (Å²) in [5.74, 6) is 0. The lowest BCUT2D eigenvalue weighted by Crippen LogP contribution is -1.89. The molecule has 0 fully saturated rings. The van der Waals surface area contributed by atoms with Gasteiger partial charge in [-0.25, -0.2) is 0 Å². The zero-order valence-electron chi connectivity index (χ0n) is 8.98. The van der Waals surface area contributed by atoms with Gasteiger partial charge in [0.1, 0.15) is 5.01 Å². The van der Waals surface area contributed by atoms with Crippen molar-refractivity contribution in [1.82, 2.24) is 10.2 Å². The van der Waals surface area contributed by atoms with Crippen molar-refractivity contribution < 1.29 is 0 Å². The predicted octanol–water partition coefficient (Wildman–Crippen LogP) is 4.35. The zero-order valence-corrected chi connectivity index (χ0v) is 11.4. The van der Waals surface area contributed by atoms with Crippen molar-refractivity contribution in [2.75, 3.05) is 0 Å². The number of aryl methyl sites for hydroxylation is 1. The van der Waals surface area contributed by atoms with E-state index in [0.29, 0.717) is 5.25 Å². The highest BCUT2D eigenvalue weighted by atomic mass is 35.5. The molecule has 1 atom stereocenters. The second kappa shape index (κ2) is 5.17. The minimum atomic E-state index is 0.293. The van der Waals surface area contributed by atoms with Gasteiger partial charge in [0.15, 0.2) is 4.34 Å². The van der Waals surface area contributed by atoms with Crippen molar-refractivity contribution in [3.8, 4) is 0 Å². The third-order valence-corrected chi connectivity index (χ3v) is 4.54. The van der Waals surface area contributed by atoms with E-state index in [1.54, 1.807) is 23.1 Å². The molecular formula is C11H11ClN2S2. The number of rotatable bonds is 3. The molecule has 0 bridgehead atoms. The molecule has 2 nitrogen and oxygen atoms in total. The monoisotopic (exact) mass is 270 g/mol. The molecule has 0 radical (unpaired) electrons. The fourth-order valence-electron chi connectivity index (χ4n) is 1.35. The molecule has 0 spiro atoms. The van der Waals surface area contributed by atoms with Crippen molar-refractivity contribution in [3.05, 3.63) is 39.9 Å². The van der Waals surface area contributed by atoms with Gasteiger partial charge in [0.2, 0.25) is 0 Å². The number of halogens is 1. The lowest BCUT2D eigenvalue weighted by molar-refractivity contribution is 0.976. The minimum Gasteiger partial charge on any atom is -0.143 e. The number of aromatic nitrogens is 2. The number of hydrogen-bond acceptors (Lipinski definition) is 4. The molecule has 84 valence electrons. The maximum atomic E-state index is 6.14. The summed E-state index contributed by atoms with van der Waals surface area (Å²) < 4.78 is 0.991. The van der Waals surface area contributed by atoms with Crippen molar-refractivity contribution in [2.45, 2.75) is 23.4 Å². The number of benzene rings is 1. The SMILES string of the molecule is Cc1nnc(SC(C)c2ccccc2Cl)s1. The first-order valence-corrected chi connectivity index (χ1v) is 6.95. The van der Waals surface area contributed by atoms with E-state index in [-0.39, 0.29) is 0 Å². The molecule has 0 saturated heterocycles. The van der Waals surface area contributed by atoms with Crippen LogP contribution in [0, 0.1) is 6.92 Å². The topological polar surface area (TPSA) is 25.8 Å². The van der Waals surface area contributed by atoms with Crippen molar-refractivity contribution in [3.63, 3.8) is 0 Å². The van der Waals surface area contributed by atoms with E-state index in [0.717, 1.165) is 19.9 Å². The van der Waals surface area contributed by atoms with Crippen LogP contribution in [0.5, 0.6) is 0 Å². The van der Waals surface area contributed by atoms with Crippen molar-refractivity contribution in [1.29, 1.82) is 0 Å². The van der Waals surface area contributed by atoms with Gasteiger partial charge < -0.3 is 0 Å². The van der Waals surface area contributed by atoms with Gasteiger partial charge in [-0.05, 0) is 25.5 Å². The lowest BCUT2D eigenvalue weighted by atomic mass is 10.2. The van der Waals surface area contributed by atoms with E-state index in [1.165, 1.54) is 0 Å². The minimum absolute atomic E-state index is 0.293. The molecule has 1 heterocycles. The molecule has 0 aliphatic carbocycles. The van der Waals surface area contributed by atoms with E-state index in [4.69, 9.17) is 11.6 Å². The molecule has 1 unspecified atom stereocenters. The van der Waals surface area contributed by atoms with Crippen LogP contribution in [0.1, 0.15) is 22.7 Å². The second-order valence-corrected chi connectivity index (χ2v) is 6.55. The highest BCUT2D eigenvalue weighted by molar-refractivity contribution is 8.01. The van der Waals surface area contributed by atoms with E-state index in [2.05, 4.69) is 17.1 Å². The Morgan fingerprint density at radius 1 is 1.31 bits per heavy atom. The summed E-state index contributed by atoms with van der Waals surface area (Å²) in [4.78, 5) is 0. The van der Waals surface area contributed by atoms with Gasteiger partial charge in [-0.3, -0.25) is 0 Å². The standard InChI is InChI=1S/C11H11ClN2S2/c1-7(9-5-3-4-6-10(9)12)15-11-14-13-8(2)16-11/h3-7H,1-2H3. The summed E-state index contributed by atoms with van der Waals surface area (Å²) in [6, 6.07) is 7.91. The average molecular weight is 271 g/mol. The van der Waals surface area contributed by atoms with Crippen LogP contribution in [0.4, 0.5) is 0 Å². The average Bonchev–Trinajstić information content (AvgIpc) is 2.64. The molecule has 1 aromatic heterocycles. The second-order valence-electron chi connectivity index (χ2n) is 3.37. The van der Waals surface area contributed by atoms with Gasteiger partial charge in [0.05, 0.1) is 0 Å². The van der Waals surface area contributed by atoms with Gasteiger partial charge in [0, 0.05) is 10.3 Å². The fraction of sp³-hybridized carbons (Fsp3) is 0.273. The van der Waals surface area contributed by atoms with Crippen LogP contribution < -0.4 is 0 Å². The van der Waals surface area contributed by atoms with Crippen LogP contribution in [0.2, 0.25) is 5.02 Å². The van der Waals surface area contributed by atoms with Crippen LogP contribution in [0.15, 0.2) is 28.6 Å². The molecule has 2 rings (SSSR count). The largest absolute Gasteiger partial charge is 0.174 e. The maximum Gasteiger partial charge on any atom is 0.174 e. The summed E-state index contributed by atoms with van der Waals surface area (Å²) in [7, 11) is 0. The lowest BCUT2D eigenvalue weighted by Gasteiger charge is -2.10. The Bertz CT molecular complexity index is 484. The summed E-state index contributed by atoms with van der Waals surface area (Å²) >= 11 is 9.45. The Labute approximate surface area is 108 Å². The van der Waals surface area contributed by atoms with Gasteiger partial charge in [-0.15, -0.1) is 10.2 Å². The predicted molar refractivity (Wildman–Crippen MR) is 70.4 cm³/mol. The third kappa shape index (κ3) is 2.75. The first-order valence-electron chi connectivity index (χ1n) is 4.88. The number of nitrogens with zero attached hydrogens (tertiary/aromatic N) is 2. The van der Waals surface area contributed by atoms with Gasteiger partial charge in [0.25, 0.3) is 0 Å². The van der Waals surface area contributed by atoms with E-state index < -0.39 is 0 Å². The Kier molecular flexibility index (Phi) is 3.84. The van der Waals surface area contributed by atoms with E-state index in [1.807, 2.05) is 31.2 Å². The quantitative estimate of drug-likeness (QED) is 0.776.